The molecule has 2 aromatic heterocycles. The summed E-state index contributed by atoms with van der Waals surface area (Å²) in [4.78, 5) is 3.88. The molecule has 0 fully saturated rings. The summed E-state index contributed by atoms with van der Waals surface area (Å²) in [5.41, 5.74) is 1.32. The molecule has 14 heavy (non-hydrogen) atoms. The molecule has 0 N–H and O–H groups in total. The normalized spacial score (nSPS) is 9.71. The minimum Gasteiger partial charge on any atom is -0.307 e. The fourth-order valence-corrected chi connectivity index (χ4v) is 1.46. The molecule has 0 atom stereocenters. The Labute approximate surface area is 86.2 Å². The van der Waals surface area contributed by atoms with E-state index in [1.807, 2.05) is 0 Å². The summed E-state index contributed by atoms with van der Waals surface area (Å²) in [6, 6.07) is 7.39. The third-order valence-corrected chi connectivity index (χ3v) is 2.17. The van der Waals surface area contributed by atoms with Crippen molar-refractivity contribution in [2.45, 2.75) is 0 Å². The topological polar surface area (TPSA) is 41.6 Å². The Kier molecular flexibility index (Phi) is 2.21. The van der Waals surface area contributed by atoms with Crippen molar-refractivity contribution >= 4 is 11.6 Å². The number of rotatable bonds is 1. The molecular weight excluding hydrogens is 198 g/mol. The van der Waals surface area contributed by atoms with E-state index in [0.717, 1.165) is 5.69 Å². The van der Waals surface area contributed by atoms with Crippen LogP contribution in [0.1, 0.15) is 5.69 Å². The molecule has 2 rings (SSSR count). The number of aromatic nitrogens is 2. The van der Waals surface area contributed by atoms with Crippen LogP contribution < -0.4 is 0 Å². The molecule has 0 saturated heterocycles. The van der Waals surface area contributed by atoms with Crippen LogP contribution in [-0.2, 0) is 0 Å². The van der Waals surface area contributed by atoms with Gasteiger partial charge in [0.2, 0.25) is 0 Å². The Morgan fingerprint density at radius 3 is 3.00 bits per heavy atom. The molecule has 0 saturated carbocycles. The van der Waals surface area contributed by atoms with E-state index >= 15 is 0 Å². The van der Waals surface area contributed by atoms with Crippen molar-refractivity contribution in [1.82, 2.24) is 9.55 Å². The minimum absolute atomic E-state index is 0.528. The molecule has 3 nitrogen and oxygen atoms in total. The Morgan fingerprint density at radius 1 is 1.43 bits per heavy atom. The molecule has 0 bridgehead atoms. The molecule has 68 valence electrons. The van der Waals surface area contributed by atoms with Crippen LogP contribution in [0.5, 0.6) is 0 Å². The third kappa shape index (κ3) is 1.36. The highest BCUT2D eigenvalue weighted by Crippen LogP contribution is 2.20. The summed E-state index contributed by atoms with van der Waals surface area (Å²) < 4.78 is 1.73. The summed E-state index contributed by atoms with van der Waals surface area (Å²) >= 11 is 5.95. The van der Waals surface area contributed by atoms with Gasteiger partial charge in [-0.05, 0) is 18.2 Å². The van der Waals surface area contributed by atoms with E-state index < -0.39 is 0 Å². The van der Waals surface area contributed by atoms with Gasteiger partial charge in [-0.1, -0.05) is 11.6 Å². The summed E-state index contributed by atoms with van der Waals surface area (Å²) in [6.45, 7) is 0. The Morgan fingerprint density at radius 2 is 2.29 bits per heavy atom. The van der Waals surface area contributed by atoms with Crippen molar-refractivity contribution in [3.8, 4) is 11.8 Å². The average molecular weight is 204 g/mol. The minimum atomic E-state index is 0.528. The summed E-state index contributed by atoms with van der Waals surface area (Å²) in [5, 5.41) is 9.36. The van der Waals surface area contributed by atoms with Gasteiger partial charge in [-0.2, -0.15) is 5.26 Å². The van der Waals surface area contributed by atoms with E-state index in [1.54, 1.807) is 41.4 Å². The quantitative estimate of drug-likeness (QED) is 0.714. The lowest BCUT2D eigenvalue weighted by atomic mass is 10.4. The van der Waals surface area contributed by atoms with Crippen LogP contribution in [0.25, 0.3) is 5.69 Å². The molecule has 2 heterocycles. The zero-order valence-electron chi connectivity index (χ0n) is 7.18. The van der Waals surface area contributed by atoms with Gasteiger partial charge in [0.25, 0.3) is 0 Å². The van der Waals surface area contributed by atoms with Crippen LogP contribution in [0.2, 0.25) is 5.02 Å². The second-order valence-electron chi connectivity index (χ2n) is 2.70. The predicted molar refractivity (Wildman–Crippen MR) is 53.3 cm³/mol. The number of hydrogen-bond acceptors (Lipinski definition) is 2. The van der Waals surface area contributed by atoms with Gasteiger partial charge in [0.15, 0.2) is 0 Å². The standard InChI is InChI=1S/C10H6ClN3/c11-9-7-13-4-3-10(9)14-5-1-2-8(14)6-12/h1-5,7H. The smallest absolute Gasteiger partial charge is 0.124 e. The molecular formula is C10H6ClN3. The summed E-state index contributed by atoms with van der Waals surface area (Å²) in [6.07, 6.45) is 4.99. The van der Waals surface area contributed by atoms with Crippen molar-refractivity contribution in [1.29, 1.82) is 5.26 Å². The maximum Gasteiger partial charge on any atom is 0.124 e. The van der Waals surface area contributed by atoms with Gasteiger partial charge >= 0.3 is 0 Å². The van der Waals surface area contributed by atoms with E-state index in [2.05, 4.69) is 11.1 Å². The van der Waals surface area contributed by atoms with Gasteiger partial charge in [-0.15, -0.1) is 0 Å². The Hall–Kier alpha value is -1.79. The molecule has 0 aliphatic heterocycles. The van der Waals surface area contributed by atoms with Gasteiger partial charge in [0, 0.05) is 18.6 Å². The second-order valence-corrected chi connectivity index (χ2v) is 3.11. The van der Waals surface area contributed by atoms with Gasteiger partial charge in [-0.25, -0.2) is 0 Å². The van der Waals surface area contributed by atoms with Crippen LogP contribution in [0.3, 0.4) is 0 Å². The van der Waals surface area contributed by atoms with Crippen LogP contribution in [0.15, 0.2) is 36.8 Å². The first-order valence-corrected chi connectivity index (χ1v) is 4.38. The second kappa shape index (κ2) is 3.52. The fraction of sp³-hybridized carbons (Fsp3) is 0. The van der Waals surface area contributed by atoms with E-state index in [9.17, 15) is 0 Å². The first kappa shape index (κ1) is 8.79. The zero-order chi connectivity index (χ0) is 9.97. The Bertz CT molecular complexity index is 496. The number of nitriles is 1. The first-order chi connectivity index (χ1) is 6.83. The molecule has 0 aliphatic rings. The first-order valence-electron chi connectivity index (χ1n) is 4.00. The van der Waals surface area contributed by atoms with Crippen LogP contribution in [0.4, 0.5) is 0 Å². The highest BCUT2D eigenvalue weighted by atomic mass is 35.5. The largest absolute Gasteiger partial charge is 0.307 e. The van der Waals surface area contributed by atoms with Gasteiger partial charge in [-0.3, -0.25) is 4.98 Å². The molecule has 0 aliphatic carbocycles. The van der Waals surface area contributed by atoms with E-state index in [4.69, 9.17) is 16.9 Å². The zero-order valence-corrected chi connectivity index (χ0v) is 7.94. The van der Waals surface area contributed by atoms with Gasteiger partial charge in [0.1, 0.15) is 11.8 Å². The summed E-state index contributed by atoms with van der Waals surface area (Å²) in [7, 11) is 0. The van der Waals surface area contributed by atoms with E-state index in [0.29, 0.717) is 10.7 Å². The molecule has 4 heteroatoms. The molecule has 2 aromatic rings. The molecule has 0 aromatic carbocycles. The monoisotopic (exact) mass is 203 g/mol. The van der Waals surface area contributed by atoms with Crippen molar-refractivity contribution in [2.24, 2.45) is 0 Å². The number of halogens is 1. The van der Waals surface area contributed by atoms with Crippen LogP contribution in [0, 0.1) is 11.3 Å². The number of hydrogen-bond donors (Lipinski definition) is 0. The Balaban J connectivity index is 2.62. The van der Waals surface area contributed by atoms with Crippen LogP contribution >= 0.6 is 11.6 Å². The van der Waals surface area contributed by atoms with Crippen molar-refractivity contribution < 1.29 is 0 Å². The number of nitrogens with zero attached hydrogens (tertiary/aromatic N) is 3. The highest BCUT2D eigenvalue weighted by Gasteiger charge is 2.05. The summed E-state index contributed by atoms with van der Waals surface area (Å²) in [5.74, 6) is 0. The maximum atomic E-state index is 8.83. The molecule has 0 spiro atoms. The van der Waals surface area contributed by atoms with Crippen LogP contribution in [-0.4, -0.2) is 9.55 Å². The third-order valence-electron chi connectivity index (χ3n) is 1.87. The SMILES string of the molecule is N#Cc1cccn1-c1ccncc1Cl. The number of pyridine rings is 1. The van der Waals surface area contributed by atoms with E-state index in [-0.39, 0.29) is 0 Å². The lowest BCUT2D eigenvalue weighted by molar-refractivity contribution is 1.04. The maximum absolute atomic E-state index is 8.83. The van der Waals surface area contributed by atoms with Gasteiger partial charge < -0.3 is 4.57 Å². The fourth-order valence-electron chi connectivity index (χ4n) is 1.25. The van der Waals surface area contributed by atoms with Gasteiger partial charge in [0.05, 0.1) is 10.7 Å². The molecule has 0 unspecified atom stereocenters. The van der Waals surface area contributed by atoms with Crippen molar-refractivity contribution in [2.75, 3.05) is 0 Å². The van der Waals surface area contributed by atoms with Crippen molar-refractivity contribution in [3.05, 3.63) is 47.5 Å². The predicted octanol–water partition coefficient (Wildman–Crippen LogP) is 2.40. The highest BCUT2D eigenvalue weighted by molar-refractivity contribution is 6.32. The average Bonchev–Trinajstić information content (AvgIpc) is 2.66. The lowest BCUT2D eigenvalue weighted by Gasteiger charge is -2.05. The molecule has 0 radical (unpaired) electrons. The molecule has 0 amide bonds. The van der Waals surface area contributed by atoms with Crippen molar-refractivity contribution in [3.63, 3.8) is 0 Å². The lowest BCUT2D eigenvalue weighted by Crippen LogP contribution is -1.96. The van der Waals surface area contributed by atoms with E-state index in [1.165, 1.54) is 0 Å².